The highest BCUT2D eigenvalue weighted by Crippen LogP contribution is 2.30. The number of hydrogen-bond acceptors (Lipinski definition) is 2. The molecule has 0 saturated carbocycles. The summed E-state index contributed by atoms with van der Waals surface area (Å²) < 4.78 is 40.1. The molecule has 0 amide bonds. The molecule has 0 bridgehead atoms. The number of halogens is 5. The first-order valence-corrected chi connectivity index (χ1v) is 8.53. The largest absolute Gasteiger partial charge is 0.435 e. The van der Waals surface area contributed by atoms with E-state index in [1.165, 1.54) is 13.2 Å². The fraction of sp³-hybridized carbons (Fsp3) is 0.412. The lowest BCUT2D eigenvalue weighted by Gasteiger charge is -2.11. The van der Waals surface area contributed by atoms with Gasteiger partial charge in [0.05, 0.1) is 6.54 Å². The highest BCUT2D eigenvalue weighted by atomic mass is 127. The summed E-state index contributed by atoms with van der Waals surface area (Å²) in [4.78, 5) is 4.23. The van der Waals surface area contributed by atoms with Gasteiger partial charge in [-0.25, -0.2) is 4.99 Å². The molecular formula is C17H22ClF3IN5. The van der Waals surface area contributed by atoms with Crippen LogP contribution in [-0.2, 0) is 26.2 Å². The fourth-order valence-electron chi connectivity index (χ4n) is 2.42. The first-order chi connectivity index (χ1) is 12.3. The van der Waals surface area contributed by atoms with Crippen molar-refractivity contribution in [2.24, 2.45) is 12.0 Å². The van der Waals surface area contributed by atoms with Crippen molar-refractivity contribution in [3.8, 4) is 0 Å². The molecule has 150 valence electrons. The molecule has 2 rings (SSSR count). The molecule has 0 aliphatic rings. The molecule has 1 aromatic heterocycles. The van der Waals surface area contributed by atoms with Gasteiger partial charge in [-0.05, 0) is 31.0 Å². The number of aromatic nitrogens is 2. The minimum atomic E-state index is -4.50. The average molecular weight is 516 g/mol. The van der Waals surface area contributed by atoms with E-state index in [-0.39, 0.29) is 36.1 Å². The standard InChI is InChI=1S/C17H21ClF3N5.HI/c1-3-22-16(23-8-7-12-5-4-6-14(18)9-12)24-10-13-11-26(2)25-15(13)17(19,20)21;/h4-6,9,11H,3,7-8,10H2,1-2H3,(H2,22,23,24);1H. The highest BCUT2D eigenvalue weighted by molar-refractivity contribution is 14.0. The second-order valence-electron chi connectivity index (χ2n) is 5.68. The zero-order valence-corrected chi connectivity index (χ0v) is 18.1. The SMILES string of the molecule is CCNC(=NCc1cn(C)nc1C(F)(F)F)NCCc1cccc(Cl)c1.I. The summed E-state index contributed by atoms with van der Waals surface area (Å²) in [6.45, 7) is 2.95. The predicted octanol–water partition coefficient (Wildman–Crippen LogP) is 4.01. The van der Waals surface area contributed by atoms with Gasteiger partial charge >= 0.3 is 6.18 Å². The van der Waals surface area contributed by atoms with Crippen LogP contribution in [0.2, 0.25) is 5.02 Å². The van der Waals surface area contributed by atoms with Gasteiger partial charge in [-0.1, -0.05) is 23.7 Å². The molecule has 2 aromatic rings. The van der Waals surface area contributed by atoms with E-state index in [1.54, 1.807) is 6.07 Å². The molecule has 0 saturated heterocycles. The first kappa shape index (κ1) is 23.5. The third-order valence-corrected chi connectivity index (χ3v) is 3.76. The number of hydrogen-bond donors (Lipinski definition) is 2. The second-order valence-corrected chi connectivity index (χ2v) is 6.11. The Morgan fingerprint density at radius 3 is 2.67 bits per heavy atom. The van der Waals surface area contributed by atoms with Crippen molar-refractivity contribution < 1.29 is 13.2 Å². The number of rotatable bonds is 6. The molecule has 2 N–H and O–H groups in total. The van der Waals surface area contributed by atoms with E-state index in [4.69, 9.17) is 11.6 Å². The van der Waals surface area contributed by atoms with Crippen LogP contribution in [0.5, 0.6) is 0 Å². The molecule has 0 aliphatic heterocycles. The van der Waals surface area contributed by atoms with Crippen molar-refractivity contribution in [2.75, 3.05) is 13.1 Å². The molecule has 27 heavy (non-hydrogen) atoms. The lowest BCUT2D eigenvalue weighted by atomic mass is 10.1. The Bertz CT molecular complexity index is 761. The van der Waals surface area contributed by atoms with Crippen LogP contribution in [0, 0.1) is 0 Å². The van der Waals surface area contributed by atoms with E-state index in [0.717, 1.165) is 10.2 Å². The number of aryl methyl sites for hydroxylation is 1. The molecule has 0 radical (unpaired) electrons. The number of nitrogens with one attached hydrogen (secondary N) is 2. The van der Waals surface area contributed by atoms with Gasteiger partial charge in [-0.2, -0.15) is 18.3 Å². The number of nitrogens with zero attached hydrogens (tertiary/aromatic N) is 3. The van der Waals surface area contributed by atoms with E-state index in [9.17, 15) is 13.2 Å². The molecule has 0 spiro atoms. The summed E-state index contributed by atoms with van der Waals surface area (Å²) in [6, 6.07) is 7.51. The number of alkyl halides is 3. The third-order valence-electron chi connectivity index (χ3n) is 3.52. The molecule has 1 heterocycles. The van der Waals surface area contributed by atoms with Gasteiger partial charge in [0.25, 0.3) is 0 Å². The smallest absolute Gasteiger partial charge is 0.357 e. The maximum Gasteiger partial charge on any atom is 0.435 e. The van der Waals surface area contributed by atoms with Crippen molar-refractivity contribution in [1.82, 2.24) is 20.4 Å². The van der Waals surface area contributed by atoms with Gasteiger partial charge in [-0.3, -0.25) is 4.68 Å². The zero-order valence-electron chi connectivity index (χ0n) is 15.0. The molecular weight excluding hydrogens is 494 g/mol. The summed E-state index contributed by atoms with van der Waals surface area (Å²) >= 11 is 5.95. The summed E-state index contributed by atoms with van der Waals surface area (Å²) in [5, 5.41) is 10.3. The lowest BCUT2D eigenvalue weighted by Crippen LogP contribution is -2.38. The number of guanidine groups is 1. The summed E-state index contributed by atoms with van der Waals surface area (Å²) in [5.74, 6) is 0.450. The van der Waals surface area contributed by atoms with Crippen LogP contribution in [0.25, 0.3) is 0 Å². The molecule has 5 nitrogen and oxygen atoms in total. The molecule has 0 unspecified atom stereocenters. The van der Waals surface area contributed by atoms with Crippen molar-refractivity contribution in [2.45, 2.75) is 26.1 Å². The van der Waals surface area contributed by atoms with Crippen LogP contribution in [0.3, 0.4) is 0 Å². The Morgan fingerprint density at radius 2 is 2.04 bits per heavy atom. The second kappa shape index (κ2) is 10.7. The molecule has 0 fully saturated rings. The van der Waals surface area contributed by atoms with Crippen molar-refractivity contribution in [3.63, 3.8) is 0 Å². The van der Waals surface area contributed by atoms with E-state index in [0.29, 0.717) is 30.5 Å². The predicted molar refractivity (Wildman–Crippen MR) is 112 cm³/mol. The summed E-state index contributed by atoms with van der Waals surface area (Å²) in [6.07, 6.45) is -2.45. The van der Waals surface area contributed by atoms with Crippen LogP contribution in [0.1, 0.15) is 23.7 Å². The summed E-state index contributed by atoms with van der Waals surface area (Å²) in [7, 11) is 1.46. The summed E-state index contributed by atoms with van der Waals surface area (Å²) in [5.41, 5.74) is 0.193. The van der Waals surface area contributed by atoms with E-state index >= 15 is 0 Å². The highest BCUT2D eigenvalue weighted by Gasteiger charge is 2.36. The van der Waals surface area contributed by atoms with Crippen LogP contribution in [-0.4, -0.2) is 28.8 Å². The minimum absolute atomic E-state index is 0. The van der Waals surface area contributed by atoms with Gasteiger partial charge in [0.1, 0.15) is 0 Å². The van der Waals surface area contributed by atoms with E-state index < -0.39 is 11.9 Å². The maximum absolute atomic E-state index is 13.0. The Hall–Kier alpha value is -1.49. The van der Waals surface area contributed by atoms with Gasteiger partial charge < -0.3 is 10.6 Å². The maximum atomic E-state index is 13.0. The number of benzene rings is 1. The Labute approximate surface area is 178 Å². The number of aliphatic imine (C=N–C) groups is 1. The molecule has 10 heteroatoms. The van der Waals surface area contributed by atoms with Gasteiger partial charge in [0.2, 0.25) is 0 Å². The third kappa shape index (κ3) is 7.57. The molecule has 0 atom stereocenters. The lowest BCUT2D eigenvalue weighted by molar-refractivity contribution is -0.142. The molecule has 0 aliphatic carbocycles. The van der Waals surface area contributed by atoms with E-state index in [1.807, 2.05) is 25.1 Å². The van der Waals surface area contributed by atoms with Crippen molar-refractivity contribution in [3.05, 3.63) is 52.3 Å². The average Bonchev–Trinajstić information content (AvgIpc) is 2.94. The van der Waals surface area contributed by atoms with Crippen LogP contribution >= 0.6 is 35.6 Å². The van der Waals surface area contributed by atoms with Crippen molar-refractivity contribution in [1.29, 1.82) is 0 Å². The van der Waals surface area contributed by atoms with Crippen molar-refractivity contribution >= 4 is 41.5 Å². The van der Waals surface area contributed by atoms with Crippen LogP contribution in [0.15, 0.2) is 35.5 Å². The Balaban J connectivity index is 0.00000364. The van der Waals surface area contributed by atoms with Gasteiger partial charge in [0, 0.05) is 36.9 Å². The zero-order chi connectivity index (χ0) is 19.2. The molecule has 1 aromatic carbocycles. The normalized spacial score (nSPS) is 11.9. The monoisotopic (exact) mass is 515 g/mol. The quantitative estimate of drug-likeness (QED) is 0.347. The van der Waals surface area contributed by atoms with Crippen LogP contribution < -0.4 is 10.6 Å². The fourth-order valence-corrected chi connectivity index (χ4v) is 2.63. The van der Waals surface area contributed by atoms with Gasteiger partial charge in [-0.15, -0.1) is 24.0 Å². The Kier molecular flexibility index (Phi) is 9.37. The first-order valence-electron chi connectivity index (χ1n) is 8.16. The van der Waals surface area contributed by atoms with Crippen LogP contribution in [0.4, 0.5) is 13.2 Å². The van der Waals surface area contributed by atoms with Gasteiger partial charge in [0.15, 0.2) is 11.7 Å². The topological polar surface area (TPSA) is 54.2 Å². The van der Waals surface area contributed by atoms with E-state index in [2.05, 4.69) is 20.7 Å². The Morgan fingerprint density at radius 1 is 1.30 bits per heavy atom. The minimum Gasteiger partial charge on any atom is -0.357 e.